The van der Waals surface area contributed by atoms with Gasteiger partial charge in [-0.1, -0.05) is 74.8 Å². The second-order valence-corrected chi connectivity index (χ2v) is 7.43. The van der Waals surface area contributed by atoms with E-state index in [1.165, 1.54) is 7.11 Å². The summed E-state index contributed by atoms with van der Waals surface area (Å²) in [6, 6.07) is -0.00183. The van der Waals surface area contributed by atoms with Crippen molar-refractivity contribution in [3.63, 3.8) is 0 Å². The van der Waals surface area contributed by atoms with Gasteiger partial charge in [-0.25, -0.2) is 0 Å². The number of hydrogen-bond acceptors (Lipinski definition) is 5. The number of aliphatic hydroxyl groups excluding tert-OH is 2. The summed E-state index contributed by atoms with van der Waals surface area (Å²) in [5.41, 5.74) is 0. The van der Waals surface area contributed by atoms with Crippen LogP contribution in [0.4, 0.5) is 0 Å². The first-order valence-corrected chi connectivity index (χ1v) is 11.3. The summed E-state index contributed by atoms with van der Waals surface area (Å²) < 4.78 is 4.57. The number of carbonyl (C=O) groups is 1. The summed E-state index contributed by atoms with van der Waals surface area (Å²) in [6.07, 6.45) is 20.5. The third-order valence-corrected chi connectivity index (χ3v) is 5.18. The molecule has 0 amide bonds. The van der Waals surface area contributed by atoms with Crippen LogP contribution < -0.4 is 0 Å². The zero-order valence-corrected chi connectivity index (χ0v) is 19.4. The highest BCUT2D eigenvalue weighted by Gasteiger charge is 2.19. The number of nitrogens with zero attached hydrogens (tertiary/aromatic N) is 1. The van der Waals surface area contributed by atoms with Crippen molar-refractivity contribution >= 4 is 15.2 Å². The lowest BCUT2D eigenvalue weighted by Crippen LogP contribution is -2.39. The zero-order valence-electron chi connectivity index (χ0n) is 18.2. The van der Waals surface area contributed by atoms with Crippen molar-refractivity contribution < 1.29 is 19.7 Å². The SMILES string of the molecule is CCCCC[C@H](O)[C@@H](/C=C/C=C/C=C\C=C\[C@@H](O)CCCC(=O)OC)N(C)CP. The molecule has 0 saturated carbocycles. The normalized spacial score (nSPS) is 15.8. The van der Waals surface area contributed by atoms with E-state index in [1.807, 2.05) is 43.5 Å². The maximum atomic E-state index is 11.0. The van der Waals surface area contributed by atoms with Crippen LogP contribution in [0.1, 0.15) is 51.9 Å². The highest BCUT2D eigenvalue weighted by Crippen LogP contribution is 2.13. The second kappa shape index (κ2) is 18.7. The van der Waals surface area contributed by atoms with E-state index < -0.39 is 6.10 Å². The molecular weight excluding hydrogens is 385 g/mol. The number of carbonyl (C=O) groups excluding carboxylic acids is 1. The monoisotopic (exact) mass is 425 g/mol. The summed E-state index contributed by atoms with van der Waals surface area (Å²) >= 11 is 0. The lowest BCUT2D eigenvalue weighted by Gasteiger charge is -2.28. The third kappa shape index (κ3) is 15.3. The van der Waals surface area contributed by atoms with Gasteiger partial charge in [-0.15, -0.1) is 9.24 Å². The van der Waals surface area contributed by atoms with Gasteiger partial charge in [0.15, 0.2) is 0 Å². The molecule has 0 spiro atoms. The molecule has 0 saturated heterocycles. The number of ether oxygens (including phenoxy) is 1. The van der Waals surface area contributed by atoms with Crippen molar-refractivity contribution in [2.24, 2.45) is 0 Å². The Balaban J connectivity index is 4.36. The summed E-state index contributed by atoms with van der Waals surface area (Å²) in [5.74, 6) is -0.251. The molecule has 0 fully saturated rings. The molecule has 0 aromatic rings. The minimum Gasteiger partial charge on any atom is -0.469 e. The van der Waals surface area contributed by atoms with Crippen LogP contribution in [0.25, 0.3) is 0 Å². The van der Waals surface area contributed by atoms with Gasteiger partial charge in [-0.05, 0) is 26.3 Å². The predicted molar refractivity (Wildman–Crippen MR) is 125 cm³/mol. The Hall–Kier alpha value is -1.26. The van der Waals surface area contributed by atoms with Crippen LogP contribution in [0.3, 0.4) is 0 Å². The standard InChI is InChI=1S/C23H40NO4P/c1-4-5-10-17-22(26)21(24(2)19-29)16-12-9-7-6-8-11-14-20(25)15-13-18-23(27)28-3/h6-9,11-12,14,16,20-22,25-26H,4-5,10,13,15,17-19,29H2,1-3H3/b8-6-,9-7+,14-11+,16-12+/t20-,21-,22+/m1/s1. The van der Waals surface area contributed by atoms with E-state index in [-0.39, 0.29) is 18.1 Å². The Bertz CT molecular complexity index is 531. The number of methoxy groups -OCH3 is 1. The number of likely N-dealkylation sites (N-methyl/N-ethyl adjacent to an activating group) is 1. The first-order valence-electron chi connectivity index (χ1n) is 10.5. The highest BCUT2D eigenvalue weighted by atomic mass is 31.0. The number of allylic oxidation sites excluding steroid dienone is 6. The van der Waals surface area contributed by atoms with E-state index in [2.05, 4.69) is 25.8 Å². The van der Waals surface area contributed by atoms with Gasteiger partial charge in [-0.2, -0.15) is 0 Å². The fourth-order valence-electron chi connectivity index (χ4n) is 2.75. The lowest BCUT2D eigenvalue weighted by molar-refractivity contribution is -0.140. The summed E-state index contributed by atoms with van der Waals surface area (Å²) in [7, 11) is 6.07. The van der Waals surface area contributed by atoms with Crippen molar-refractivity contribution in [3.05, 3.63) is 48.6 Å². The van der Waals surface area contributed by atoms with Gasteiger partial charge in [0.2, 0.25) is 0 Å². The zero-order chi connectivity index (χ0) is 21.9. The third-order valence-electron chi connectivity index (χ3n) is 4.60. The summed E-state index contributed by atoms with van der Waals surface area (Å²) in [4.78, 5) is 13.1. The van der Waals surface area contributed by atoms with Gasteiger partial charge in [0.25, 0.3) is 0 Å². The average Bonchev–Trinajstić information content (AvgIpc) is 2.71. The Labute approximate surface area is 179 Å². The average molecular weight is 426 g/mol. The quantitative estimate of drug-likeness (QED) is 0.169. The van der Waals surface area contributed by atoms with Crippen LogP contribution in [0.2, 0.25) is 0 Å². The number of hydrogen-bond donors (Lipinski definition) is 2. The van der Waals surface area contributed by atoms with Crippen LogP contribution in [0, 0.1) is 0 Å². The van der Waals surface area contributed by atoms with Crippen molar-refractivity contribution in [2.45, 2.75) is 70.1 Å². The van der Waals surface area contributed by atoms with Gasteiger partial charge >= 0.3 is 5.97 Å². The first-order chi connectivity index (χ1) is 14.0. The van der Waals surface area contributed by atoms with Crippen LogP contribution in [0.5, 0.6) is 0 Å². The van der Waals surface area contributed by atoms with Gasteiger partial charge in [0, 0.05) is 12.7 Å². The van der Waals surface area contributed by atoms with Crippen molar-refractivity contribution in [3.8, 4) is 0 Å². The molecular formula is C23H40NO4P. The van der Waals surface area contributed by atoms with Crippen molar-refractivity contribution in [1.29, 1.82) is 0 Å². The molecule has 0 aromatic carbocycles. The first kappa shape index (κ1) is 27.7. The van der Waals surface area contributed by atoms with Gasteiger partial charge < -0.3 is 14.9 Å². The van der Waals surface area contributed by atoms with Crippen LogP contribution >= 0.6 is 9.24 Å². The smallest absolute Gasteiger partial charge is 0.305 e. The van der Waals surface area contributed by atoms with Crippen LogP contribution in [0.15, 0.2) is 48.6 Å². The Kier molecular flexibility index (Phi) is 17.9. The topological polar surface area (TPSA) is 70.0 Å². The predicted octanol–water partition coefficient (Wildman–Crippen LogP) is 3.99. The van der Waals surface area contributed by atoms with E-state index in [9.17, 15) is 15.0 Å². The molecule has 6 heteroatoms. The van der Waals surface area contributed by atoms with E-state index in [0.717, 1.165) is 32.0 Å². The van der Waals surface area contributed by atoms with E-state index in [4.69, 9.17) is 0 Å². The molecule has 166 valence electrons. The molecule has 0 rings (SSSR count). The molecule has 5 nitrogen and oxygen atoms in total. The number of esters is 1. The van der Waals surface area contributed by atoms with Gasteiger partial charge in [0.05, 0.1) is 25.4 Å². The fourth-order valence-corrected chi connectivity index (χ4v) is 2.99. The molecule has 0 bridgehead atoms. The Morgan fingerprint density at radius 2 is 1.62 bits per heavy atom. The molecule has 0 radical (unpaired) electrons. The maximum Gasteiger partial charge on any atom is 0.305 e. The molecule has 0 aliphatic carbocycles. The van der Waals surface area contributed by atoms with E-state index >= 15 is 0 Å². The molecule has 0 aliphatic heterocycles. The molecule has 0 aromatic heterocycles. The van der Waals surface area contributed by atoms with Crippen molar-refractivity contribution in [1.82, 2.24) is 4.90 Å². The van der Waals surface area contributed by atoms with Crippen LogP contribution in [-0.4, -0.2) is 59.8 Å². The molecule has 0 aliphatic rings. The molecule has 2 N–H and O–H groups in total. The van der Waals surface area contributed by atoms with E-state index in [1.54, 1.807) is 12.2 Å². The van der Waals surface area contributed by atoms with Crippen molar-refractivity contribution in [2.75, 3.05) is 20.4 Å². The Morgan fingerprint density at radius 1 is 1.00 bits per heavy atom. The second-order valence-electron chi connectivity index (χ2n) is 7.07. The molecule has 4 atom stereocenters. The van der Waals surface area contributed by atoms with Crippen LogP contribution in [-0.2, 0) is 9.53 Å². The number of unbranched alkanes of at least 4 members (excludes halogenated alkanes) is 2. The summed E-state index contributed by atoms with van der Waals surface area (Å²) in [6.45, 7) is 2.16. The maximum absolute atomic E-state index is 11.0. The summed E-state index contributed by atoms with van der Waals surface area (Å²) in [5, 5.41) is 20.3. The van der Waals surface area contributed by atoms with E-state index in [0.29, 0.717) is 19.3 Å². The highest BCUT2D eigenvalue weighted by molar-refractivity contribution is 7.16. The largest absolute Gasteiger partial charge is 0.469 e. The number of aliphatic hydroxyl groups is 2. The van der Waals surface area contributed by atoms with Gasteiger partial charge in [-0.3, -0.25) is 9.69 Å². The fraction of sp³-hybridized carbons (Fsp3) is 0.609. The van der Waals surface area contributed by atoms with Gasteiger partial charge in [0.1, 0.15) is 0 Å². The number of rotatable bonds is 16. The minimum atomic E-state index is -0.564. The Morgan fingerprint density at radius 3 is 2.21 bits per heavy atom. The molecule has 0 heterocycles. The lowest BCUT2D eigenvalue weighted by atomic mass is 10.0. The molecule has 29 heavy (non-hydrogen) atoms. The molecule has 1 unspecified atom stereocenters. The minimum absolute atomic E-state index is 0.00183.